The van der Waals surface area contributed by atoms with Gasteiger partial charge in [0, 0.05) is 23.9 Å². The van der Waals surface area contributed by atoms with Crippen molar-refractivity contribution < 1.29 is 9.72 Å². The van der Waals surface area contributed by atoms with Gasteiger partial charge in [0.15, 0.2) is 0 Å². The molecule has 2 atom stereocenters. The maximum atomic E-state index is 12.1. The van der Waals surface area contributed by atoms with Crippen LogP contribution in [-0.4, -0.2) is 16.9 Å². The van der Waals surface area contributed by atoms with Gasteiger partial charge in [-0.3, -0.25) is 14.9 Å². The summed E-state index contributed by atoms with van der Waals surface area (Å²) in [6, 6.07) is 4.31. The van der Waals surface area contributed by atoms with Crippen LogP contribution >= 0.6 is 0 Å². The largest absolute Gasteiger partial charge is 0.327 e. The summed E-state index contributed by atoms with van der Waals surface area (Å²) in [5, 5.41) is 13.4. The maximum Gasteiger partial charge on any atom is 0.269 e. The zero-order valence-electron chi connectivity index (χ0n) is 10.8. The lowest BCUT2D eigenvalue weighted by Gasteiger charge is -2.16. The van der Waals surface area contributed by atoms with Crippen LogP contribution in [0.5, 0.6) is 0 Å². The van der Waals surface area contributed by atoms with Crippen LogP contribution in [-0.2, 0) is 4.79 Å². The molecule has 19 heavy (non-hydrogen) atoms. The second-order valence-electron chi connectivity index (χ2n) is 4.95. The van der Waals surface area contributed by atoms with Gasteiger partial charge >= 0.3 is 0 Å². The molecule has 3 N–H and O–H groups in total. The predicted molar refractivity (Wildman–Crippen MR) is 71.8 cm³/mol. The molecule has 6 nitrogen and oxygen atoms in total. The highest BCUT2D eigenvalue weighted by molar-refractivity contribution is 5.94. The van der Waals surface area contributed by atoms with Crippen LogP contribution in [0.3, 0.4) is 0 Å². The van der Waals surface area contributed by atoms with Crippen LogP contribution in [0.25, 0.3) is 0 Å². The second kappa shape index (κ2) is 5.36. The fraction of sp³-hybridized carbons (Fsp3) is 0.462. The number of carbonyl (C=O) groups excluding carboxylic acids is 1. The van der Waals surface area contributed by atoms with Gasteiger partial charge in [-0.15, -0.1) is 0 Å². The van der Waals surface area contributed by atoms with Gasteiger partial charge < -0.3 is 11.1 Å². The first kappa shape index (κ1) is 13.5. The van der Waals surface area contributed by atoms with E-state index in [2.05, 4.69) is 5.32 Å². The molecule has 1 aromatic carbocycles. The van der Waals surface area contributed by atoms with E-state index in [1.807, 2.05) is 0 Å². The summed E-state index contributed by atoms with van der Waals surface area (Å²) in [7, 11) is 0. The Morgan fingerprint density at radius 1 is 1.47 bits per heavy atom. The van der Waals surface area contributed by atoms with Gasteiger partial charge in [-0.05, 0) is 31.4 Å². The molecule has 0 aromatic heterocycles. The average molecular weight is 263 g/mol. The van der Waals surface area contributed by atoms with E-state index in [4.69, 9.17) is 5.73 Å². The van der Waals surface area contributed by atoms with Gasteiger partial charge in [0.1, 0.15) is 0 Å². The van der Waals surface area contributed by atoms with Crippen molar-refractivity contribution in [2.75, 3.05) is 5.32 Å². The molecular formula is C13H17N3O3. The van der Waals surface area contributed by atoms with E-state index in [1.165, 1.54) is 12.1 Å². The van der Waals surface area contributed by atoms with Crippen LogP contribution in [0.15, 0.2) is 18.2 Å². The van der Waals surface area contributed by atoms with E-state index < -0.39 is 4.92 Å². The number of hydrogen-bond acceptors (Lipinski definition) is 4. The smallest absolute Gasteiger partial charge is 0.269 e. The van der Waals surface area contributed by atoms with Crippen molar-refractivity contribution in [3.8, 4) is 0 Å². The Labute approximate surface area is 111 Å². The third-order valence-corrected chi connectivity index (χ3v) is 3.58. The highest BCUT2D eigenvalue weighted by Crippen LogP contribution is 2.27. The van der Waals surface area contributed by atoms with Crippen molar-refractivity contribution >= 4 is 17.3 Å². The number of benzene rings is 1. The number of anilines is 1. The minimum Gasteiger partial charge on any atom is -0.327 e. The number of nitro benzene ring substituents is 1. The number of rotatable bonds is 3. The Balaban J connectivity index is 2.11. The van der Waals surface area contributed by atoms with Gasteiger partial charge in [-0.2, -0.15) is 0 Å². The number of aryl methyl sites for hydroxylation is 1. The third kappa shape index (κ3) is 2.90. The quantitative estimate of drug-likeness (QED) is 0.643. The molecule has 6 heteroatoms. The lowest BCUT2D eigenvalue weighted by Crippen LogP contribution is -2.34. The fourth-order valence-electron chi connectivity index (χ4n) is 2.44. The molecule has 2 rings (SSSR count). The summed E-state index contributed by atoms with van der Waals surface area (Å²) in [5.74, 6) is -0.253. The number of nitrogens with zero attached hydrogens (tertiary/aromatic N) is 1. The first-order valence-corrected chi connectivity index (χ1v) is 6.30. The molecule has 0 radical (unpaired) electrons. The number of non-ortho nitro benzene ring substituents is 1. The third-order valence-electron chi connectivity index (χ3n) is 3.58. The maximum absolute atomic E-state index is 12.1. The monoisotopic (exact) mass is 263 g/mol. The Morgan fingerprint density at radius 3 is 2.74 bits per heavy atom. The summed E-state index contributed by atoms with van der Waals surface area (Å²) in [6.45, 7) is 1.73. The van der Waals surface area contributed by atoms with E-state index >= 15 is 0 Å². The van der Waals surface area contributed by atoms with Crippen LogP contribution in [0, 0.1) is 23.0 Å². The Morgan fingerprint density at radius 2 is 2.21 bits per heavy atom. The summed E-state index contributed by atoms with van der Waals surface area (Å²) >= 11 is 0. The molecule has 1 saturated carbocycles. The minimum absolute atomic E-state index is 0.0214. The number of carbonyl (C=O) groups is 1. The summed E-state index contributed by atoms with van der Waals surface area (Å²) < 4.78 is 0. The average Bonchev–Trinajstić information content (AvgIpc) is 2.77. The lowest BCUT2D eigenvalue weighted by molar-refractivity contribution is -0.384. The first-order valence-electron chi connectivity index (χ1n) is 6.30. The normalized spacial score (nSPS) is 22.2. The molecule has 1 aliphatic rings. The van der Waals surface area contributed by atoms with Crippen molar-refractivity contribution in [1.29, 1.82) is 0 Å². The number of nitro groups is 1. The van der Waals surface area contributed by atoms with Crippen molar-refractivity contribution in [3.63, 3.8) is 0 Å². The highest BCUT2D eigenvalue weighted by atomic mass is 16.6. The molecule has 0 aliphatic heterocycles. The van der Waals surface area contributed by atoms with Crippen molar-refractivity contribution in [1.82, 2.24) is 0 Å². The van der Waals surface area contributed by atoms with Gasteiger partial charge in [-0.1, -0.05) is 6.42 Å². The standard InChI is InChI=1S/C13H17N3O3/c1-8-7-9(16(18)19)5-6-12(8)15-13(17)10-3-2-4-11(10)14/h5-7,10-11H,2-4,14H2,1H3,(H,15,17). The minimum atomic E-state index is -0.453. The molecule has 1 aromatic rings. The van der Waals surface area contributed by atoms with Crippen LogP contribution in [0.4, 0.5) is 11.4 Å². The summed E-state index contributed by atoms with van der Waals surface area (Å²) in [5.41, 5.74) is 7.19. The summed E-state index contributed by atoms with van der Waals surface area (Å²) in [4.78, 5) is 22.3. The predicted octanol–water partition coefficient (Wildman–Crippen LogP) is 1.97. The molecular weight excluding hydrogens is 246 g/mol. The van der Waals surface area contributed by atoms with E-state index in [9.17, 15) is 14.9 Å². The molecule has 0 saturated heterocycles. The number of amides is 1. The number of nitrogens with two attached hydrogens (primary N) is 1. The molecule has 0 heterocycles. The topological polar surface area (TPSA) is 98.3 Å². The molecule has 102 valence electrons. The van der Waals surface area contributed by atoms with Gasteiger partial charge in [0.2, 0.25) is 5.91 Å². The van der Waals surface area contributed by atoms with E-state index in [0.29, 0.717) is 11.3 Å². The number of hydrogen-bond donors (Lipinski definition) is 2. The molecule has 1 amide bonds. The van der Waals surface area contributed by atoms with Crippen molar-refractivity contribution in [2.45, 2.75) is 32.2 Å². The van der Waals surface area contributed by atoms with Crippen LogP contribution in [0.1, 0.15) is 24.8 Å². The Hall–Kier alpha value is -1.95. The second-order valence-corrected chi connectivity index (χ2v) is 4.95. The zero-order chi connectivity index (χ0) is 14.0. The van der Waals surface area contributed by atoms with E-state index in [-0.39, 0.29) is 23.6 Å². The van der Waals surface area contributed by atoms with Crippen molar-refractivity contribution in [3.05, 3.63) is 33.9 Å². The molecule has 0 bridgehead atoms. The van der Waals surface area contributed by atoms with Crippen LogP contribution < -0.4 is 11.1 Å². The molecule has 2 unspecified atom stereocenters. The number of nitrogens with one attached hydrogen (secondary N) is 1. The van der Waals surface area contributed by atoms with E-state index in [1.54, 1.807) is 13.0 Å². The van der Waals surface area contributed by atoms with Gasteiger partial charge in [0.25, 0.3) is 5.69 Å². The zero-order valence-corrected chi connectivity index (χ0v) is 10.8. The highest BCUT2D eigenvalue weighted by Gasteiger charge is 2.30. The van der Waals surface area contributed by atoms with Crippen LogP contribution in [0.2, 0.25) is 0 Å². The molecule has 0 spiro atoms. The Kier molecular flexibility index (Phi) is 3.80. The van der Waals surface area contributed by atoms with Gasteiger partial charge in [0.05, 0.1) is 10.8 Å². The molecule has 1 fully saturated rings. The van der Waals surface area contributed by atoms with Crippen molar-refractivity contribution in [2.24, 2.45) is 11.7 Å². The Bertz CT molecular complexity index is 516. The summed E-state index contributed by atoms with van der Waals surface area (Å²) in [6.07, 6.45) is 2.65. The SMILES string of the molecule is Cc1cc([N+](=O)[O-])ccc1NC(=O)C1CCCC1N. The van der Waals surface area contributed by atoms with Gasteiger partial charge in [-0.25, -0.2) is 0 Å². The molecule has 1 aliphatic carbocycles. The fourth-order valence-corrected chi connectivity index (χ4v) is 2.44. The van der Waals surface area contributed by atoms with E-state index in [0.717, 1.165) is 19.3 Å². The first-order chi connectivity index (χ1) is 8.99. The lowest BCUT2D eigenvalue weighted by atomic mass is 10.0.